The van der Waals surface area contributed by atoms with Crippen LogP contribution in [0.1, 0.15) is 48.8 Å². The molecule has 0 spiro atoms. The summed E-state index contributed by atoms with van der Waals surface area (Å²) in [5.74, 6) is -5.46. The predicted octanol–water partition coefficient (Wildman–Crippen LogP) is 6.89. The SMILES string of the molecule is CCOC(=O)C1=C(N)N(c2cccc(C(F)(F)F)c2)C2=C(C(=O)[C@H](C(=O)OCC)[C@H](c3cccc(OC)c3)C2)[C@H]1c1cccc(Cl)c1. The van der Waals surface area contributed by atoms with E-state index >= 15 is 0 Å². The second-order valence-corrected chi connectivity index (χ2v) is 11.4. The first-order chi connectivity index (χ1) is 22.4. The summed E-state index contributed by atoms with van der Waals surface area (Å²) in [7, 11) is 1.48. The monoisotopic (exact) mass is 668 g/mol. The van der Waals surface area contributed by atoms with E-state index in [1.165, 1.54) is 24.1 Å². The van der Waals surface area contributed by atoms with Crippen LogP contribution in [0.15, 0.2) is 95.5 Å². The molecule has 5 rings (SSSR count). The average Bonchev–Trinajstić information content (AvgIpc) is 3.04. The third-order valence-corrected chi connectivity index (χ3v) is 8.45. The highest BCUT2D eigenvalue weighted by atomic mass is 35.5. The number of halogens is 4. The molecule has 3 aromatic rings. The van der Waals surface area contributed by atoms with E-state index < -0.39 is 47.2 Å². The molecular formula is C35H32ClF3N2O6. The maximum absolute atomic E-state index is 14.9. The predicted molar refractivity (Wildman–Crippen MR) is 168 cm³/mol. The molecule has 0 saturated heterocycles. The molecule has 246 valence electrons. The Balaban J connectivity index is 1.85. The molecule has 3 atom stereocenters. The van der Waals surface area contributed by atoms with E-state index in [1.54, 1.807) is 62.4 Å². The molecule has 8 nitrogen and oxygen atoms in total. The van der Waals surface area contributed by atoms with Crippen molar-refractivity contribution in [3.63, 3.8) is 0 Å². The van der Waals surface area contributed by atoms with Crippen LogP contribution in [-0.4, -0.2) is 38.0 Å². The number of carbonyl (C=O) groups excluding carboxylic acids is 3. The molecule has 1 heterocycles. The van der Waals surface area contributed by atoms with Gasteiger partial charge in [-0.15, -0.1) is 0 Å². The molecule has 3 aromatic carbocycles. The number of methoxy groups -OCH3 is 1. The van der Waals surface area contributed by atoms with Gasteiger partial charge in [-0.05, 0) is 73.9 Å². The fourth-order valence-electron chi connectivity index (χ4n) is 6.26. The van der Waals surface area contributed by atoms with E-state index in [2.05, 4.69) is 0 Å². The second-order valence-electron chi connectivity index (χ2n) is 10.9. The number of ketones is 1. The van der Waals surface area contributed by atoms with Gasteiger partial charge in [0, 0.05) is 27.9 Å². The van der Waals surface area contributed by atoms with Gasteiger partial charge in [-0.3, -0.25) is 14.5 Å². The Labute approximate surface area is 274 Å². The molecule has 0 unspecified atom stereocenters. The van der Waals surface area contributed by atoms with Crippen molar-refractivity contribution in [1.29, 1.82) is 0 Å². The fourth-order valence-corrected chi connectivity index (χ4v) is 6.46. The molecule has 0 bridgehead atoms. The van der Waals surface area contributed by atoms with Gasteiger partial charge in [0.05, 0.1) is 37.4 Å². The van der Waals surface area contributed by atoms with E-state index in [0.717, 1.165) is 12.1 Å². The van der Waals surface area contributed by atoms with Gasteiger partial charge in [-0.1, -0.05) is 41.9 Å². The lowest BCUT2D eigenvalue weighted by atomic mass is 9.67. The topological polar surface area (TPSA) is 108 Å². The zero-order valence-corrected chi connectivity index (χ0v) is 26.5. The van der Waals surface area contributed by atoms with Crippen molar-refractivity contribution in [1.82, 2.24) is 0 Å². The lowest BCUT2D eigenvalue weighted by Gasteiger charge is -2.44. The minimum atomic E-state index is -4.70. The molecule has 1 aliphatic carbocycles. The van der Waals surface area contributed by atoms with E-state index in [1.807, 2.05) is 0 Å². The number of Topliss-reactive ketones (excluding diaryl/α,β-unsaturated/α-hetero) is 1. The number of hydrogen-bond acceptors (Lipinski definition) is 8. The van der Waals surface area contributed by atoms with Gasteiger partial charge in [0.25, 0.3) is 0 Å². The standard InChI is InChI=1S/C35H32ClF3N2O6/c1-4-46-33(43)28-25(19-9-7-14-24(16-19)45-3)18-26-29(31(28)42)27(20-10-6-12-22(36)15-20)30(34(44)47-5-2)32(40)41(26)23-13-8-11-21(17-23)35(37,38)39/h6-17,25,27-28H,4-5,18,40H2,1-3H3/t25-,27+,28+/m0/s1. The van der Waals surface area contributed by atoms with Crippen LogP contribution in [0.2, 0.25) is 5.02 Å². The van der Waals surface area contributed by atoms with Crippen molar-refractivity contribution in [3.05, 3.63) is 117 Å². The number of nitrogens with two attached hydrogens (primary N) is 1. The van der Waals surface area contributed by atoms with Crippen LogP contribution in [0, 0.1) is 5.92 Å². The highest BCUT2D eigenvalue weighted by Crippen LogP contribution is 2.52. The number of hydrogen-bond donors (Lipinski definition) is 1. The Morgan fingerprint density at radius 1 is 0.957 bits per heavy atom. The summed E-state index contributed by atoms with van der Waals surface area (Å²) in [6.45, 7) is 3.14. The van der Waals surface area contributed by atoms with Gasteiger partial charge in [0.1, 0.15) is 17.5 Å². The summed E-state index contributed by atoms with van der Waals surface area (Å²) in [4.78, 5) is 43.5. The highest BCUT2D eigenvalue weighted by Gasteiger charge is 2.51. The maximum atomic E-state index is 14.9. The van der Waals surface area contributed by atoms with Crippen LogP contribution in [0.5, 0.6) is 5.75 Å². The van der Waals surface area contributed by atoms with Crippen molar-refractivity contribution in [2.45, 2.75) is 38.3 Å². The zero-order chi connectivity index (χ0) is 34.0. The van der Waals surface area contributed by atoms with Crippen LogP contribution >= 0.6 is 11.6 Å². The third-order valence-electron chi connectivity index (χ3n) is 8.21. The quantitative estimate of drug-likeness (QED) is 0.204. The highest BCUT2D eigenvalue weighted by molar-refractivity contribution is 6.30. The van der Waals surface area contributed by atoms with Crippen molar-refractivity contribution < 1.29 is 41.8 Å². The minimum Gasteiger partial charge on any atom is -0.497 e. The van der Waals surface area contributed by atoms with Crippen molar-refractivity contribution in [3.8, 4) is 5.75 Å². The lowest BCUT2D eigenvalue weighted by Crippen LogP contribution is -2.46. The zero-order valence-electron chi connectivity index (χ0n) is 25.8. The number of benzene rings is 3. The van der Waals surface area contributed by atoms with Gasteiger partial charge in [0.2, 0.25) is 0 Å². The number of ether oxygens (including phenoxy) is 3. The smallest absolute Gasteiger partial charge is 0.416 e. The maximum Gasteiger partial charge on any atom is 0.416 e. The van der Waals surface area contributed by atoms with Crippen molar-refractivity contribution in [2.75, 3.05) is 25.2 Å². The largest absolute Gasteiger partial charge is 0.497 e. The molecule has 2 aliphatic rings. The number of carbonyl (C=O) groups is 3. The summed E-state index contributed by atoms with van der Waals surface area (Å²) in [5.41, 5.74) is 6.77. The van der Waals surface area contributed by atoms with E-state index in [4.69, 9.17) is 31.5 Å². The molecular weight excluding hydrogens is 637 g/mol. The Morgan fingerprint density at radius 3 is 2.30 bits per heavy atom. The molecule has 0 radical (unpaired) electrons. The first-order valence-corrected chi connectivity index (χ1v) is 15.3. The Morgan fingerprint density at radius 2 is 1.64 bits per heavy atom. The molecule has 0 saturated carbocycles. The molecule has 0 fully saturated rings. The normalized spacial score (nSPS) is 19.8. The summed E-state index contributed by atoms with van der Waals surface area (Å²) in [5, 5.41) is 0.297. The summed E-state index contributed by atoms with van der Waals surface area (Å²) < 4.78 is 58.0. The van der Waals surface area contributed by atoms with Crippen LogP contribution in [-0.2, 0) is 30.0 Å². The number of allylic oxidation sites excluding steroid dienone is 2. The molecule has 1 aliphatic heterocycles. The van der Waals surface area contributed by atoms with E-state index in [0.29, 0.717) is 21.9 Å². The van der Waals surface area contributed by atoms with Gasteiger partial charge >= 0.3 is 18.1 Å². The summed E-state index contributed by atoms with van der Waals surface area (Å²) in [6.07, 6.45) is -4.74. The summed E-state index contributed by atoms with van der Waals surface area (Å²) in [6, 6.07) is 17.7. The Kier molecular flexibility index (Phi) is 9.67. The van der Waals surface area contributed by atoms with Gasteiger partial charge in [-0.25, -0.2) is 4.79 Å². The van der Waals surface area contributed by atoms with Crippen LogP contribution in [0.3, 0.4) is 0 Å². The van der Waals surface area contributed by atoms with E-state index in [9.17, 15) is 27.6 Å². The third kappa shape index (κ3) is 6.44. The Hall–Kier alpha value is -4.77. The van der Waals surface area contributed by atoms with Crippen LogP contribution < -0.4 is 15.4 Å². The number of rotatable bonds is 8. The summed E-state index contributed by atoms with van der Waals surface area (Å²) >= 11 is 6.37. The minimum absolute atomic E-state index is 0.000805. The first kappa shape index (κ1) is 33.6. The van der Waals surface area contributed by atoms with Gasteiger partial charge in [-0.2, -0.15) is 13.2 Å². The lowest BCUT2D eigenvalue weighted by molar-refractivity contribution is -0.152. The number of anilines is 1. The van der Waals surface area contributed by atoms with Crippen LogP contribution in [0.25, 0.3) is 0 Å². The van der Waals surface area contributed by atoms with Crippen LogP contribution in [0.4, 0.5) is 18.9 Å². The molecule has 0 aromatic heterocycles. The Bertz CT molecular complexity index is 1790. The molecule has 0 amide bonds. The van der Waals surface area contributed by atoms with E-state index in [-0.39, 0.29) is 48.0 Å². The molecule has 2 N–H and O–H groups in total. The molecule has 12 heteroatoms. The van der Waals surface area contributed by atoms with Crippen molar-refractivity contribution >= 4 is 35.0 Å². The average molecular weight is 669 g/mol. The number of esters is 2. The molecule has 47 heavy (non-hydrogen) atoms. The first-order valence-electron chi connectivity index (χ1n) is 14.9. The second kappa shape index (κ2) is 13.5. The number of alkyl halides is 3. The van der Waals surface area contributed by atoms with Crippen molar-refractivity contribution in [2.24, 2.45) is 11.7 Å². The van der Waals surface area contributed by atoms with Gasteiger partial charge in [0.15, 0.2) is 5.78 Å². The van der Waals surface area contributed by atoms with Gasteiger partial charge < -0.3 is 19.9 Å². The number of nitrogens with zero attached hydrogens (tertiary/aromatic N) is 1. The fraction of sp³-hybridized carbons (Fsp3) is 0.286.